The molecule has 0 amide bonds. The van der Waals surface area contributed by atoms with Crippen LogP contribution in [-0.2, 0) is 9.47 Å². The molecule has 0 aromatic heterocycles. The van der Waals surface area contributed by atoms with Crippen LogP contribution in [0.2, 0.25) is 0 Å². The van der Waals surface area contributed by atoms with Gasteiger partial charge in [-0.2, -0.15) is 0 Å². The average Bonchev–Trinajstić information content (AvgIpc) is 2.86. The fourth-order valence-electron chi connectivity index (χ4n) is 3.14. The highest BCUT2D eigenvalue weighted by atomic mass is 16.6. The number of ether oxygens (including phenoxy) is 3. The van der Waals surface area contributed by atoms with Crippen molar-refractivity contribution >= 4 is 5.78 Å². The predicted molar refractivity (Wildman–Crippen MR) is 79.0 cm³/mol. The molecule has 21 heavy (non-hydrogen) atoms. The van der Waals surface area contributed by atoms with Gasteiger partial charge in [0.15, 0.2) is 5.78 Å². The summed E-state index contributed by atoms with van der Waals surface area (Å²) in [5.41, 5.74) is 1.58. The van der Waals surface area contributed by atoms with Crippen LogP contribution in [0.25, 0.3) is 0 Å². The van der Waals surface area contributed by atoms with Crippen molar-refractivity contribution in [3.8, 4) is 5.75 Å². The minimum absolute atomic E-state index is 0.0379. The summed E-state index contributed by atoms with van der Waals surface area (Å²) in [6, 6.07) is 5.74. The van der Waals surface area contributed by atoms with Crippen molar-refractivity contribution < 1.29 is 19.0 Å². The van der Waals surface area contributed by atoms with E-state index in [0.717, 1.165) is 31.4 Å². The van der Waals surface area contributed by atoms with Crippen molar-refractivity contribution in [3.63, 3.8) is 0 Å². The smallest absolute Gasteiger partial charge is 0.163 e. The lowest BCUT2D eigenvalue weighted by Gasteiger charge is -2.37. The van der Waals surface area contributed by atoms with Crippen LogP contribution in [-0.4, -0.2) is 37.3 Å². The Kier molecular flexibility index (Phi) is 4.00. The zero-order chi connectivity index (χ0) is 14.9. The minimum atomic E-state index is -0.177. The van der Waals surface area contributed by atoms with Crippen molar-refractivity contribution in [2.75, 3.05) is 19.8 Å². The quantitative estimate of drug-likeness (QED) is 0.803. The Morgan fingerprint density at radius 3 is 2.95 bits per heavy atom. The summed E-state index contributed by atoms with van der Waals surface area (Å²) in [6.45, 7) is 5.69. The van der Waals surface area contributed by atoms with E-state index in [1.54, 1.807) is 6.92 Å². The van der Waals surface area contributed by atoms with E-state index in [1.807, 2.05) is 25.1 Å². The first-order valence-electron chi connectivity index (χ1n) is 7.58. The zero-order valence-corrected chi connectivity index (χ0v) is 12.7. The number of carbonyl (C=O) groups is 1. The summed E-state index contributed by atoms with van der Waals surface area (Å²) >= 11 is 0. The summed E-state index contributed by atoms with van der Waals surface area (Å²) in [5.74, 6) is 0.736. The molecule has 3 rings (SSSR count). The van der Waals surface area contributed by atoms with E-state index in [0.29, 0.717) is 24.5 Å². The second kappa shape index (κ2) is 5.78. The molecule has 2 fully saturated rings. The number of rotatable bonds is 3. The van der Waals surface area contributed by atoms with Crippen LogP contribution in [0.15, 0.2) is 18.2 Å². The lowest BCUT2D eigenvalue weighted by Crippen LogP contribution is -2.44. The molecule has 2 saturated heterocycles. The summed E-state index contributed by atoms with van der Waals surface area (Å²) in [4.78, 5) is 11.7. The summed E-state index contributed by atoms with van der Waals surface area (Å²) < 4.78 is 17.6. The van der Waals surface area contributed by atoms with Gasteiger partial charge in [0.1, 0.15) is 11.9 Å². The van der Waals surface area contributed by atoms with Gasteiger partial charge in [0.05, 0.1) is 24.4 Å². The first-order valence-corrected chi connectivity index (χ1v) is 7.58. The number of Topliss-reactive ketones (excluding diaryl/α,β-unsaturated/α-hetero) is 1. The van der Waals surface area contributed by atoms with Crippen molar-refractivity contribution in [2.24, 2.45) is 0 Å². The number of hydrogen-bond donors (Lipinski definition) is 0. The van der Waals surface area contributed by atoms with Gasteiger partial charge in [-0.25, -0.2) is 0 Å². The van der Waals surface area contributed by atoms with E-state index < -0.39 is 0 Å². The molecule has 0 bridgehead atoms. The molecule has 1 spiro atoms. The molecule has 0 radical (unpaired) electrons. The Labute approximate surface area is 125 Å². The molecule has 0 saturated carbocycles. The molecule has 4 heteroatoms. The van der Waals surface area contributed by atoms with Crippen molar-refractivity contribution in [3.05, 3.63) is 29.3 Å². The molecule has 4 nitrogen and oxygen atoms in total. The highest BCUT2D eigenvalue weighted by molar-refractivity contribution is 5.96. The highest BCUT2D eigenvalue weighted by Crippen LogP contribution is 2.35. The van der Waals surface area contributed by atoms with Crippen LogP contribution in [0.4, 0.5) is 0 Å². The van der Waals surface area contributed by atoms with Gasteiger partial charge in [-0.05, 0) is 31.5 Å². The van der Waals surface area contributed by atoms with E-state index in [1.165, 1.54) is 0 Å². The molecule has 114 valence electrons. The van der Waals surface area contributed by atoms with E-state index in [4.69, 9.17) is 14.2 Å². The number of aryl methyl sites for hydroxylation is 1. The third-order valence-corrected chi connectivity index (χ3v) is 4.32. The fourth-order valence-corrected chi connectivity index (χ4v) is 3.14. The first-order chi connectivity index (χ1) is 10.1. The Bertz CT molecular complexity index is 532. The maximum atomic E-state index is 11.7. The van der Waals surface area contributed by atoms with Crippen LogP contribution in [0.3, 0.4) is 0 Å². The minimum Gasteiger partial charge on any atom is -0.489 e. The molecule has 2 unspecified atom stereocenters. The summed E-state index contributed by atoms with van der Waals surface area (Å²) in [5, 5.41) is 0. The lowest BCUT2D eigenvalue weighted by atomic mass is 9.91. The second-order valence-corrected chi connectivity index (χ2v) is 6.12. The SMILES string of the molecule is CC(=O)c1ccc(C)cc1OC1CCOC2(CCOC2)C1. The van der Waals surface area contributed by atoms with Gasteiger partial charge < -0.3 is 14.2 Å². The second-order valence-electron chi connectivity index (χ2n) is 6.12. The van der Waals surface area contributed by atoms with Crippen molar-refractivity contribution in [2.45, 2.75) is 44.8 Å². The average molecular weight is 290 g/mol. The topological polar surface area (TPSA) is 44.8 Å². The molecular weight excluding hydrogens is 268 g/mol. The zero-order valence-electron chi connectivity index (χ0n) is 12.7. The van der Waals surface area contributed by atoms with Crippen LogP contribution in [0, 0.1) is 6.92 Å². The Hall–Kier alpha value is -1.39. The molecule has 1 aromatic carbocycles. The van der Waals surface area contributed by atoms with Gasteiger partial charge >= 0.3 is 0 Å². The standard InChI is InChI=1S/C17H22O4/c1-12-3-4-15(13(2)18)16(9-12)21-14-5-7-20-17(10-14)6-8-19-11-17/h3-4,9,14H,5-8,10-11H2,1-2H3. The number of hydrogen-bond acceptors (Lipinski definition) is 4. The van der Waals surface area contributed by atoms with Crippen molar-refractivity contribution in [1.29, 1.82) is 0 Å². The summed E-state index contributed by atoms with van der Waals surface area (Å²) in [6.07, 6.45) is 2.70. The molecule has 1 aromatic rings. The summed E-state index contributed by atoms with van der Waals surface area (Å²) in [7, 11) is 0. The molecule has 2 aliphatic heterocycles. The largest absolute Gasteiger partial charge is 0.489 e. The van der Waals surface area contributed by atoms with Crippen molar-refractivity contribution in [1.82, 2.24) is 0 Å². The Morgan fingerprint density at radius 1 is 1.38 bits per heavy atom. The van der Waals surface area contributed by atoms with E-state index in [9.17, 15) is 4.79 Å². The number of benzene rings is 1. The van der Waals surface area contributed by atoms with E-state index >= 15 is 0 Å². The predicted octanol–water partition coefficient (Wildman–Crippen LogP) is 2.91. The number of carbonyl (C=O) groups excluding carboxylic acids is 1. The van der Waals surface area contributed by atoms with Gasteiger partial charge in [-0.1, -0.05) is 6.07 Å². The lowest BCUT2D eigenvalue weighted by molar-refractivity contribution is -0.112. The Balaban J connectivity index is 1.77. The van der Waals surface area contributed by atoms with Gasteiger partial charge in [-0.3, -0.25) is 4.79 Å². The fraction of sp³-hybridized carbons (Fsp3) is 0.588. The van der Waals surface area contributed by atoms with E-state index in [2.05, 4.69) is 0 Å². The molecular formula is C17H22O4. The maximum Gasteiger partial charge on any atom is 0.163 e. The van der Waals surface area contributed by atoms with Crippen LogP contribution in [0.5, 0.6) is 5.75 Å². The van der Waals surface area contributed by atoms with Crippen LogP contribution < -0.4 is 4.74 Å². The van der Waals surface area contributed by atoms with Crippen LogP contribution in [0.1, 0.15) is 42.1 Å². The molecule has 0 aliphatic carbocycles. The number of ketones is 1. The first kappa shape index (κ1) is 14.5. The third-order valence-electron chi connectivity index (χ3n) is 4.32. The van der Waals surface area contributed by atoms with Gasteiger partial charge in [0, 0.05) is 25.9 Å². The third kappa shape index (κ3) is 3.11. The van der Waals surface area contributed by atoms with E-state index in [-0.39, 0.29) is 17.5 Å². The van der Waals surface area contributed by atoms with Crippen LogP contribution >= 0.6 is 0 Å². The maximum absolute atomic E-state index is 11.7. The van der Waals surface area contributed by atoms with Gasteiger partial charge in [0.25, 0.3) is 0 Å². The monoisotopic (exact) mass is 290 g/mol. The molecule has 2 atom stereocenters. The van der Waals surface area contributed by atoms with Gasteiger partial charge in [0.2, 0.25) is 0 Å². The molecule has 2 heterocycles. The Morgan fingerprint density at radius 2 is 2.24 bits per heavy atom. The highest BCUT2D eigenvalue weighted by Gasteiger charge is 2.42. The molecule has 2 aliphatic rings. The van der Waals surface area contributed by atoms with Gasteiger partial charge in [-0.15, -0.1) is 0 Å². The normalized spacial score (nSPS) is 28.8. The molecule has 0 N–H and O–H groups in total.